The van der Waals surface area contributed by atoms with E-state index in [9.17, 15) is 0 Å². The number of likely N-dealkylation sites (tertiary alicyclic amines) is 1. The van der Waals surface area contributed by atoms with Crippen LogP contribution in [0.2, 0.25) is 0 Å². The van der Waals surface area contributed by atoms with E-state index in [1.54, 1.807) is 0 Å². The van der Waals surface area contributed by atoms with Gasteiger partial charge in [-0.2, -0.15) is 0 Å². The predicted molar refractivity (Wildman–Crippen MR) is 40.4 cm³/mol. The van der Waals surface area contributed by atoms with Crippen molar-refractivity contribution in [3.8, 4) is 0 Å². The number of fused-ring (bicyclic) bond motifs is 1. The van der Waals surface area contributed by atoms with Crippen LogP contribution >= 0.6 is 0 Å². The van der Waals surface area contributed by atoms with E-state index in [0.29, 0.717) is 5.92 Å². The second kappa shape index (κ2) is 2.46. The molecule has 2 rings (SSSR count). The molecule has 0 radical (unpaired) electrons. The van der Waals surface area contributed by atoms with Crippen molar-refractivity contribution in [2.24, 2.45) is 11.1 Å². The number of hydrogen-bond donors (Lipinski definition) is 1. The fourth-order valence-electron chi connectivity index (χ4n) is 1.74. The lowest BCUT2D eigenvalue weighted by atomic mass is 10.0. The monoisotopic (exact) mass is 156 g/mol. The third-order valence-corrected chi connectivity index (χ3v) is 2.34. The maximum absolute atomic E-state index is 8.87. The van der Waals surface area contributed by atoms with Crippen molar-refractivity contribution in [1.82, 2.24) is 4.90 Å². The molecular weight excluding hydrogens is 144 g/mol. The van der Waals surface area contributed by atoms with Gasteiger partial charge in [0.15, 0.2) is 0 Å². The van der Waals surface area contributed by atoms with E-state index in [-0.39, 0.29) is 12.7 Å². The zero-order valence-corrected chi connectivity index (χ0v) is 6.53. The highest BCUT2D eigenvalue weighted by Crippen LogP contribution is 2.25. The van der Waals surface area contributed by atoms with Gasteiger partial charge in [-0.15, -0.1) is 0 Å². The zero-order chi connectivity index (χ0) is 7.84. The van der Waals surface area contributed by atoms with Crippen molar-refractivity contribution >= 4 is 5.71 Å². The summed E-state index contributed by atoms with van der Waals surface area (Å²) in [7, 11) is 2.05. The fourth-order valence-corrected chi connectivity index (χ4v) is 1.74. The molecule has 0 bridgehead atoms. The lowest BCUT2D eigenvalue weighted by molar-refractivity contribution is 0.0773. The first-order valence-corrected chi connectivity index (χ1v) is 3.83. The summed E-state index contributed by atoms with van der Waals surface area (Å²) in [5.41, 5.74) is 0.805. The van der Waals surface area contributed by atoms with Gasteiger partial charge in [-0.1, -0.05) is 5.16 Å². The minimum Gasteiger partial charge on any atom is -0.390 e. The molecule has 0 aliphatic carbocycles. The third-order valence-electron chi connectivity index (χ3n) is 2.34. The smallest absolute Gasteiger partial charge is 0.149 e. The Hall–Kier alpha value is -0.610. The molecule has 0 saturated carbocycles. The highest BCUT2D eigenvalue weighted by Gasteiger charge is 2.40. The summed E-state index contributed by atoms with van der Waals surface area (Å²) in [4.78, 5) is 7.33. The van der Waals surface area contributed by atoms with Crippen LogP contribution < -0.4 is 0 Å². The number of aliphatic hydroxyl groups is 1. The maximum Gasteiger partial charge on any atom is 0.149 e. The first kappa shape index (κ1) is 7.06. The molecule has 0 aromatic heterocycles. The van der Waals surface area contributed by atoms with E-state index in [4.69, 9.17) is 9.94 Å². The van der Waals surface area contributed by atoms with Crippen LogP contribution in [0.15, 0.2) is 5.16 Å². The molecule has 0 aromatic carbocycles. The number of rotatable bonds is 1. The van der Waals surface area contributed by atoms with E-state index in [1.807, 2.05) is 0 Å². The summed E-state index contributed by atoms with van der Waals surface area (Å²) in [6.07, 6.45) is 0.196. The summed E-state index contributed by atoms with van der Waals surface area (Å²) in [6.45, 7) is 1.93. The second-order valence-corrected chi connectivity index (χ2v) is 3.21. The van der Waals surface area contributed by atoms with Gasteiger partial charge in [0.1, 0.15) is 6.10 Å². The Morgan fingerprint density at radius 3 is 3.27 bits per heavy atom. The molecule has 4 heteroatoms. The van der Waals surface area contributed by atoms with E-state index in [2.05, 4.69) is 17.1 Å². The molecule has 0 unspecified atom stereocenters. The molecule has 0 aromatic rings. The minimum atomic E-state index is 0.0367. The van der Waals surface area contributed by atoms with Crippen LogP contribution in [-0.2, 0) is 4.84 Å². The van der Waals surface area contributed by atoms with Gasteiger partial charge in [0.05, 0.1) is 18.2 Å². The molecule has 1 saturated heterocycles. The number of hydrogen-bond acceptors (Lipinski definition) is 4. The van der Waals surface area contributed by atoms with Gasteiger partial charge < -0.3 is 14.8 Å². The van der Waals surface area contributed by atoms with Crippen molar-refractivity contribution in [1.29, 1.82) is 0 Å². The van der Waals surface area contributed by atoms with Crippen molar-refractivity contribution in [2.45, 2.75) is 6.10 Å². The number of likely N-dealkylation sites (N-methyl/N-ethyl adjacent to an activating group) is 1. The van der Waals surface area contributed by atoms with Gasteiger partial charge in [0, 0.05) is 13.1 Å². The van der Waals surface area contributed by atoms with E-state index in [0.717, 1.165) is 18.8 Å². The molecule has 2 atom stereocenters. The Morgan fingerprint density at radius 1 is 1.73 bits per heavy atom. The van der Waals surface area contributed by atoms with Crippen molar-refractivity contribution < 1.29 is 9.94 Å². The quantitative estimate of drug-likeness (QED) is 0.545. The van der Waals surface area contributed by atoms with Crippen LogP contribution in [0.1, 0.15) is 0 Å². The summed E-state index contributed by atoms with van der Waals surface area (Å²) in [5.74, 6) is 0.338. The Balaban J connectivity index is 2.08. The lowest BCUT2D eigenvalue weighted by Crippen LogP contribution is -2.23. The second-order valence-electron chi connectivity index (χ2n) is 3.21. The standard InChI is InChI=1S/C7H12N2O2/c1-9-2-5-6(4-10)8-11-7(5)3-9/h5,7,10H,2-4H2,1H3/t5-,7-/m0/s1. The summed E-state index contributed by atoms with van der Waals surface area (Å²) >= 11 is 0. The predicted octanol–water partition coefficient (Wildman–Crippen LogP) is -0.705. The van der Waals surface area contributed by atoms with Crippen molar-refractivity contribution in [3.63, 3.8) is 0 Å². The first-order chi connectivity index (χ1) is 5.31. The normalized spacial score (nSPS) is 36.7. The summed E-state index contributed by atoms with van der Waals surface area (Å²) in [5, 5.41) is 12.7. The van der Waals surface area contributed by atoms with Crippen LogP contribution in [0.25, 0.3) is 0 Å². The molecule has 0 spiro atoms. The Bertz CT molecular complexity index is 193. The summed E-state index contributed by atoms with van der Waals surface area (Å²) < 4.78 is 0. The van der Waals surface area contributed by atoms with Crippen molar-refractivity contribution in [3.05, 3.63) is 0 Å². The average Bonchev–Trinajstić information content (AvgIpc) is 2.45. The molecule has 4 nitrogen and oxygen atoms in total. The molecule has 1 N–H and O–H groups in total. The van der Waals surface area contributed by atoms with Gasteiger partial charge >= 0.3 is 0 Å². The van der Waals surface area contributed by atoms with Crippen LogP contribution in [0.4, 0.5) is 0 Å². The molecule has 1 fully saturated rings. The van der Waals surface area contributed by atoms with Crippen molar-refractivity contribution in [2.75, 3.05) is 26.7 Å². The Kier molecular flexibility index (Phi) is 1.58. The average molecular weight is 156 g/mol. The maximum atomic E-state index is 8.87. The van der Waals surface area contributed by atoms with Crippen LogP contribution in [0.5, 0.6) is 0 Å². The van der Waals surface area contributed by atoms with Gasteiger partial charge in [0.25, 0.3) is 0 Å². The Morgan fingerprint density at radius 2 is 2.55 bits per heavy atom. The minimum absolute atomic E-state index is 0.0367. The molecule has 2 heterocycles. The molecule has 2 aliphatic rings. The van der Waals surface area contributed by atoms with E-state index in [1.165, 1.54) is 0 Å². The van der Waals surface area contributed by atoms with Gasteiger partial charge in [-0.3, -0.25) is 0 Å². The van der Waals surface area contributed by atoms with Crippen LogP contribution in [0.3, 0.4) is 0 Å². The van der Waals surface area contributed by atoms with E-state index >= 15 is 0 Å². The molecule has 62 valence electrons. The Labute approximate surface area is 65.4 Å². The number of nitrogens with zero attached hydrogens (tertiary/aromatic N) is 2. The molecule has 0 amide bonds. The molecule has 11 heavy (non-hydrogen) atoms. The zero-order valence-electron chi connectivity index (χ0n) is 6.53. The third kappa shape index (κ3) is 1.02. The van der Waals surface area contributed by atoms with E-state index < -0.39 is 0 Å². The van der Waals surface area contributed by atoms with Gasteiger partial charge in [-0.05, 0) is 7.05 Å². The van der Waals surface area contributed by atoms with Crippen LogP contribution in [0, 0.1) is 5.92 Å². The van der Waals surface area contributed by atoms with Gasteiger partial charge in [0.2, 0.25) is 0 Å². The topological polar surface area (TPSA) is 45.1 Å². The highest BCUT2D eigenvalue weighted by molar-refractivity contribution is 5.89. The lowest BCUT2D eigenvalue weighted by Gasteiger charge is -2.06. The number of aliphatic hydroxyl groups excluding tert-OH is 1. The molecule has 2 aliphatic heterocycles. The molecular formula is C7H12N2O2. The largest absolute Gasteiger partial charge is 0.390 e. The fraction of sp³-hybridized carbons (Fsp3) is 0.857. The summed E-state index contributed by atoms with van der Waals surface area (Å²) in [6, 6.07) is 0. The van der Waals surface area contributed by atoms with Crippen LogP contribution in [-0.4, -0.2) is 48.6 Å². The first-order valence-electron chi connectivity index (χ1n) is 3.83. The number of oxime groups is 1. The van der Waals surface area contributed by atoms with Gasteiger partial charge in [-0.25, -0.2) is 0 Å². The SMILES string of the molecule is CN1C[C@@H]2ON=C(CO)[C@@H]2C1. The highest BCUT2D eigenvalue weighted by atomic mass is 16.6.